The van der Waals surface area contributed by atoms with Crippen LogP contribution in [0.1, 0.15) is 36.8 Å². The second-order valence-corrected chi connectivity index (χ2v) is 9.48. The zero-order valence-corrected chi connectivity index (χ0v) is 18.8. The van der Waals surface area contributed by atoms with E-state index < -0.39 is 17.2 Å². The maximum absolute atomic E-state index is 15.6. The van der Waals surface area contributed by atoms with Crippen molar-refractivity contribution in [3.05, 3.63) is 38.7 Å². The molecule has 4 heterocycles. The van der Waals surface area contributed by atoms with Gasteiger partial charge >= 0.3 is 5.97 Å². The number of thiazole rings is 1. The average Bonchev–Trinajstić information content (AvgIpc) is 3.10. The lowest BCUT2D eigenvalue weighted by Gasteiger charge is -2.46. The smallest absolute Gasteiger partial charge is 0.342 e. The number of hydrogen-bond acceptors (Lipinski definition) is 6. The van der Waals surface area contributed by atoms with Crippen LogP contribution < -0.4 is 15.2 Å². The number of carboxylic acids is 1. The number of carboxylic acid groups (broad SMARTS) is 1. The SMILES string of the molecule is CCN1[C@H](C)CN(c2c(F)cc3c(=O)c(C(=O)O)c4scc5n4c3c2N(C)C5)C[C@@H]1C. The molecule has 9 heteroatoms. The Morgan fingerprint density at radius 1 is 1.26 bits per heavy atom. The predicted molar refractivity (Wildman–Crippen MR) is 122 cm³/mol. The fraction of sp³-hybridized carbons (Fsp3) is 0.455. The van der Waals surface area contributed by atoms with E-state index in [0.29, 0.717) is 41.4 Å². The van der Waals surface area contributed by atoms with Crippen LogP contribution in [0, 0.1) is 5.82 Å². The van der Waals surface area contributed by atoms with Crippen LogP contribution in [-0.2, 0) is 6.54 Å². The summed E-state index contributed by atoms with van der Waals surface area (Å²) >= 11 is 1.25. The fourth-order valence-corrected chi connectivity index (χ4v) is 6.51. The van der Waals surface area contributed by atoms with Crippen LogP contribution >= 0.6 is 11.3 Å². The molecular formula is C22H25FN4O3S. The van der Waals surface area contributed by atoms with Crippen LogP contribution in [0.3, 0.4) is 0 Å². The van der Waals surface area contributed by atoms with Crippen molar-refractivity contribution in [2.75, 3.05) is 36.5 Å². The van der Waals surface area contributed by atoms with E-state index in [-0.39, 0.29) is 23.0 Å². The van der Waals surface area contributed by atoms with Gasteiger partial charge in [0.1, 0.15) is 16.2 Å². The van der Waals surface area contributed by atoms with E-state index in [0.717, 1.165) is 12.2 Å². The Kier molecular flexibility index (Phi) is 4.53. The molecule has 1 aromatic carbocycles. The van der Waals surface area contributed by atoms with Gasteiger partial charge in [0.15, 0.2) is 0 Å². The molecule has 0 spiro atoms. The highest BCUT2D eigenvalue weighted by Crippen LogP contribution is 2.44. The minimum Gasteiger partial charge on any atom is -0.477 e. The molecule has 0 unspecified atom stereocenters. The van der Waals surface area contributed by atoms with Crippen molar-refractivity contribution >= 4 is 44.4 Å². The van der Waals surface area contributed by atoms with Gasteiger partial charge in [-0.3, -0.25) is 14.1 Å². The Hall–Kier alpha value is -2.65. The zero-order valence-electron chi connectivity index (χ0n) is 18.0. The summed E-state index contributed by atoms with van der Waals surface area (Å²) < 4.78 is 17.5. The van der Waals surface area contributed by atoms with Crippen molar-refractivity contribution in [1.29, 1.82) is 0 Å². The third-order valence-corrected chi connectivity index (χ3v) is 7.68. The molecule has 0 radical (unpaired) electrons. The van der Waals surface area contributed by atoms with Gasteiger partial charge in [-0.15, -0.1) is 11.3 Å². The van der Waals surface area contributed by atoms with Gasteiger partial charge in [0, 0.05) is 37.6 Å². The molecule has 0 aliphatic carbocycles. The van der Waals surface area contributed by atoms with Crippen LogP contribution in [0.4, 0.5) is 15.8 Å². The van der Waals surface area contributed by atoms with Gasteiger partial charge in [0.25, 0.3) is 0 Å². The van der Waals surface area contributed by atoms with E-state index in [1.807, 2.05) is 21.7 Å². The lowest BCUT2D eigenvalue weighted by atomic mass is 10.0. The summed E-state index contributed by atoms with van der Waals surface area (Å²) in [5.41, 5.74) is 1.75. The van der Waals surface area contributed by atoms with Gasteiger partial charge in [-0.1, -0.05) is 6.92 Å². The average molecular weight is 445 g/mol. The predicted octanol–water partition coefficient (Wildman–Crippen LogP) is 3.22. The number of anilines is 2. The van der Waals surface area contributed by atoms with E-state index in [1.165, 1.54) is 17.4 Å². The highest BCUT2D eigenvalue weighted by Gasteiger charge is 2.35. The molecule has 0 amide bonds. The molecule has 7 nitrogen and oxygen atoms in total. The highest BCUT2D eigenvalue weighted by molar-refractivity contribution is 7.16. The molecule has 1 N–H and O–H groups in total. The lowest BCUT2D eigenvalue weighted by Crippen LogP contribution is -2.57. The standard InChI is InChI=1S/C22H25FN4O3S/c1-5-26-11(2)7-25(8-12(26)3)18-15(23)6-14-17-19(18)24(4)9-13-10-31-21(27(13)17)16(20(14)28)22(29)30/h6,10-12H,5,7-9H2,1-4H3,(H,29,30)/t11-,12+. The Bertz CT molecular complexity index is 1290. The molecule has 3 aromatic rings. The van der Waals surface area contributed by atoms with Crippen molar-refractivity contribution < 1.29 is 14.3 Å². The van der Waals surface area contributed by atoms with Gasteiger partial charge in [-0.2, -0.15) is 0 Å². The molecule has 5 rings (SSSR count). The van der Waals surface area contributed by atoms with Gasteiger partial charge in [-0.25, -0.2) is 9.18 Å². The largest absolute Gasteiger partial charge is 0.477 e. The lowest BCUT2D eigenvalue weighted by molar-refractivity contribution is 0.0697. The summed E-state index contributed by atoms with van der Waals surface area (Å²) in [6, 6.07) is 1.76. The molecule has 1 fully saturated rings. The summed E-state index contributed by atoms with van der Waals surface area (Å²) in [7, 11) is 1.90. The van der Waals surface area contributed by atoms with Crippen molar-refractivity contribution in [3.63, 3.8) is 0 Å². The Morgan fingerprint density at radius 3 is 2.55 bits per heavy atom. The summed E-state index contributed by atoms with van der Waals surface area (Å²) in [5.74, 6) is -1.76. The zero-order chi connectivity index (χ0) is 22.2. The van der Waals surface area contributed by atoms with Crippen LogP contribution in [0.2, 0.25) is 0 Å². The number of halogens is 1. The number of benzene rings is 1. The molecule has 2 aromatic heterocycles. The van der Waals surface area contributed by atoms with Crippen LogP contribution in [0.5, 0.6) is 0 Å². The minimum absolute atomic E-state index is 0.116. The number of aromatic carboxylic acids is 1. The first kappa shape index (κ1) is 20.3. The number of nitrogens with zero attached hydrogens (tertiary/aromatic N) is 4. The first-order chi connectivity index (χ1) is 14.7. The third kappa shape index (κ3) is 2.72. The van der Waals surface area contributed by atoms with E-state index in [4.69, 9.17) is 0 Å². The summed E-state index contributed by atoms with van der Waals surface area (Å²) in [4.78, 5) is 31.8. The molecule has 1 saturated heterocycles. The molecule has 2 atom stereocenters. The number of likely N-dealkylation sites (N-methyl/N-ethyl adjacent to an activating group) is 1. The van der Waals surface area contributed by atoms with Crippen molar-refractivity contribution in [1.82, 2.24) is 9.30 Å². The number of hydrogen-bond donors (Lipinski definition) is 1. The molecular weight excluding hydrogens is 419 g/mol. The minimum atomic E-state index is -1.28. The number of pyridine rings is 1. The summed E-state index contributed by atoms with van der Waals surface area (Å²) in [6.45, 7) is 9.26. The van der Waals surface area contributed by atoms with Gasteiger partial charge < -0.3 is 14.9 Å². The Morgan fingerprint density at radius 2 is 1.94 bits per heavy atom. The van der Waals surface area contributed by atoms with Gasteiger partial charge in [0.05, 0.1) is 34.5 Å². The van der Waals surface area contributed by atoms with Crippen LogP contribution in [0.15, 0.2) is 16.2 Å². The fourth-order valence-electron chi connectivity index (χ4n) is 5.47. The van der Waals surface area contributed by atoms with E-state index in [9.17, 15) is 14.7 Å². The van der Waals surface area contributed by atoms with Crippen LogP contribution in [0.25, 0.3) is 15.7 Å². The van der Waals surface area contributed by atoms with E-state index in [1.54, 1.807) is 0 Å². The monoisotopic (exact) mass is 444 g/mol. The summed E-state index contributed by atoms with van der Waals surface area (Å²) in [6.07, 6.45) is 0. The highest BCUT2D eigenvalue weighted by atomic mass is 32.1. The first-order valence-corrected chi connectivity index (χ1v) is 11.4. The molecule has 2 aliphatic heterocycles. The molecule has 0 bridgehead atoms. The number of aromatic nitrogens is 1. The number of piperazine rings is 1. The maximum atomic E-state index is 15.6. The Labute approximate surface area is 182 Å². The molecule has 0 saturated carbocycles. The van der Waals surface area contributed by atoms with Gasteiger partial charge in [-0.05, 0) is 26.5 Å². The van der Waals surface area contributed by atoms with E-state index in [2.05, 4.69) is 30.6 Å². The van der Waals surface area contributed by atoms with E-state index >= 15 is 4.39 Å². The van der Waals surface area contributed by atoms with Crippen molar-refractivity contribution in [2.24, 2.45) is 0 Å². The molecule has 31 heavy (non-hydrogen) atoms. The van der Waals surface area contributed by atoms with Crippen molar-refractivity contribution in [3.8, 4) is 0 Å². The number of carbonyl (C=O) groups is 1. The quantitative estimate of drug-likeness (QED) is 0.669. The Balaban J connectivity index is 1.84. The van der Waals surface area contributed by atoms with Crippen LogP contribution in [-0.4, -0.2) is 59.1 Å². The van der Waals surface area contributed by atoms with Gasteiger partial charge in [0.2, 0.25) is 5.43 Å². The normalized spacial score (nSPS) is 21.6. The first-order valence-electron chi connectivity index (χ1n) is 10.5. The molecule has 164 valence electrons. The topological polar surface area (TPSA) is 68.5 Å². The third-order valence-electron chi connectivity index (χ3n) is 6.68. The molecule has 2 aliphatic rings. The van der Waals surface area contributed by atoms with Crippen molar-refractivity contribution in [2.45, 2.75) is 39.4 Å². The second kappa shape index (κ2) is 6.93. The number of rotatable bonds is 3. The maximum Gasteiger partial charge on any atom is 0.342 e. The summed E-state index contributed by atoms with van der Waals surface area (Å²) in [5, 5.41) is 11.7. The second-order valence-electron chi connectivity index (χ2n) is 8.62.